The molecule has 0 saturated carbocycles. The number of unbranched alkanes of at least 4 members (excludes halogenated alkanes) is 1. The number of nitrogens with one attached hydrogen (secondary N) is 2. The first kappa shape index (κ1) is 29.0. The summed E-state index contributed by atoms with van der Waals surface area (Å²) in [6.07, 6.45) is 4.15. The third-order valence-corrected chi connectivity index (χ3v) is 3.36. The molecule has 0 aromatic rings. The molecule has 2 N–H and O–H groups in total. The predicted molar refractivity (Wildman–Crippen MR) is 102 cm³/mol. The molecule has 0 bridgehead atoms. The van der Waals surface area contributed by atoms with Crippen LogP contribution >= 0.6 is 11.8 Å². The van der Waals surface area contributed by atoms with Gasteiger partial charge in [-0.1, -0.05) is 68.2 Å². The number of hydrogen-bond donors (Lipinski definition) is 2. The fraction of sp³-hybridized carbons (Fsp3) is 0.941. The highest BCUT2D eigenvalue weighted by molar-refractivity contribution is 8.00. The first-order valence-electron chi connectivity index (χ1n) is 8.28. The second kappa shape index (κ2) is 24.9. The van der Waals surface area contributed by atoms with Gasteiger partial charge < -0.3 is 4.79 Å². The van der Waals surface area contributed by atoms with Crippen molar-refractivity contribution in [1.82, 2.24) is 10.9 Å². The van der Waals surface area contributed by atoms with Gasteiger partial charge in [-0.2, -0.15) is 11.8 Å². The van der Waals surface area contributed by atoms with Crippen LogP contribution in [0.5, 0.6) is 0 Å². The van der Waals surface area contributed by atoms with E-state index in [0.29, 0.717) is 17.2 Å². The molecule has 3 nitrogen and oxygen atoms in total. The number of rotatable bonds is 6. The van der Waals surface area contributed by atoms with Gasteiger partial charge in [0.05, 0.1) is 0 Å². The normalized spacial score (nSPS) is 10.8. The van der Waals surface area contributed by atoms with Gasteiger partial charge in [0.2, 0.25) is 0 Å². The lowest BCUT2D eigenvalue weighted by molar-refractivity contribution is -0.107. The highest BCUT2D eigenvalue weighted by Crippen LogP contribution is 2.23. The molecule has 1 unspecified atom stereocenters. The van der Waals surface area contributed by atoms with Crippen LogP contribution in [0.2, 0.25) is 0 Å². The predicted octanol–water partition coefficient (Wildman–Crippen LogP) is 5.06. The largest absolute Gasteiger partial charge is 0.303 e. The summed E-state index contributed by atoms with van der Waals surface area (Å²) in [4.78, 5) is 9.17. The minimum Gasteiger partial charge on any atom is -0.303 e. The van der Waals surface area contributed by atoms with E-state index in [4.69, 9.17) is 0 Å². The van der Waals surface area contributed by atoms with Crippen molar-refractivity contribution in [2.45, 2.75) is 92.4 Å². The lowest BCUT2D eigenvalue weighted by Crippen LogP contribution is -2.38. The number of carbonyl (C=O) groups excluding carboxylic acids is 1. The topological polar surface area (TPSA) is 41.1 Å². The molecule has 21 heavy (non-hydrogen) atoms. The third-order valence-electron chi connectivity index (χ3n) is 1.82. The quantitative estimate of drug-likeness (QED) is 0.530. The highest BCUT2D eigenvalue weighted by atomic mass is 32.2. The van der Waals surface area contributed by atoms with Crippen LogP contribution in [-0.4, -0.2) is 29.9 Å². The summed E-state index contributed by atoms with van der Waals surface area (Å²) in [6, 6.07) is 0.532. The maximum atomic E-state index is 9.17. The van der Waals surface area contributed by atoms with Crippen LogP contribution in [0.15, 0.2) is 0 Å². The van der Waals surface area contributed by atoms with E-state index in [2.05, 4.69) is 52.4 Å². The average Bonchev–Trinajstić information content (AvgIpc) is 2.47. The Morgan fingerprint density at radius 3 is 1.67 bits per heavy atom. The van der Waals surface area contributed by atoms with Gasteiger partial charge in [-0.3, -0.25) is 10.9 Å². The van der Waals surface area contributed by atoms with Crippen LogP contribution in [0.4, 0.5) is 0 Å². The lowest BCUT2D eigenvalue weighted by atomic mass is 10.3. The van der Waals surface area contributed by atoms with Crippen molar-refractivity contribution >= 4 is 18.0 Å². The van der Waals surface area contributed by atoms with E-state index >= 15 is 0 Å². The number of carbonyl (C=O) groups is 1. The molecule has 0 heterocycles. The fourth-order valence-corrected chi connectivity index (χ4v) is 1.50. The van der Waals surface area contributed by atoms with Gasteiger partial charge >= 0.3 is 0 Å². The Morgan fingerprint density at radius 1 is 1.10 bits per heavy atom. The van der Waals surface area contributed by atoms with Crippen molar-refractivity contribution in [3.05, 3.63) is 0 Å². The Balaban J connectivity index is -0.000000119. The third kappa shape index (κ3) is 53.6. The van der Waals surface area contributed by atoms with E-state index in [-0.39, 0.29) is 0 Å². The van der Waals surface area contributed by atoms with E-state index in [9.17, 15) is 4.79 Å². The Labute approximate surface area is 139 Å². The van der Waals surface area contributed by atoms with Crippen LogP contribution in [0.25, 0.3) is 0 Å². The Bertz CT molecular complexity index is 169. The highest BCUT2D eigenvalue weighted by Gasteiger charge is 2.11. The first-order valence-corrected chi connectivity index (χ1v) is 9.27. The molecule has 0 aliphatic rings. The van der Waals surface area contributed by atoms with Gasteiger partial charge in [-0.25, -0.2) is 0 Å². The molecule has 0 aliphatic carbocycles. The van der Waals surface area contributed by atoms with Crippen molar-refractivity contribution in [2.75, 3.05) is 12.8 Å². The van der Waals surface area contributed by atoms with Crippen LogP contribution in [0.1, 0.15) is 81.6 Å². The minimum atomic E-state index is 0.379. The molecule has 0 fully saturated rings. The molecule has 0 aromatic heterocycles. The number of thioether (sulfide) groups is 1. The van der Waals surface area contributed by atoms with E-state index < -0.39 is 0 Å². The van der Waals surface area contributed by atoms with Crippen molar-refractivity contribution < 1.29 is 4.79 Å². The van der Waals surface area contributed by atoms with Gasteiger partial charge in [0.1, 0.15) is 6.29 Å². The van der Waals surface area contributed by atoms with E-state index in [1.54, 1.807) is 0 Å². The zero-order valence-electron chi connectivity index (χ0n) is 16.3. The summed E-state index contributed by atoms with van der Waals surface area (Å²) < 4.78 is 0.379. The summed E-state index contributed by atoms with van der Waals surface area (Å²) >= 11 is 1.98. The minimum absolute atomic E-state index is 0.379. The zero-order chi connectivity index (χ0) is 17.7. The van der Waals surface area contributed by atoms with Gasteiger partial charge in [0.25, 0.3) is 0 Å². The molecule has 0 aliphatic heterocycles. The molecule has 0 amide bonds. The summed E-state index contributed by atoms with van der Waals surface area (Å²) in [6.45, 7) is 19.1. The molecule has 132 valence electrons. The molecule has 1 atom stereocenters. The second-order valence-electron chi connectivity index (χ2n) is 5.29. The summed E-state index contributed by atoms with van der Waals surface area (Å²) in [7, 11) is 1.90. The van der Waals surface area contributed by atoms with Crippen molar-refractivity contribution in [3.63, 3.8) is 0 Å². The molecular formula is C17H42N2OS. The van der Waals surface area contributed by atoms with E-state index in [1.807, 2.05) is 39.6 Å². The van der Waals surface area contributed by atoms with Crippen molar-refractivity contribution in [3.8, 4) is 0 Å². The van der Waals surface area contributed by atoms with E-state index in [0.717, 1.165) is 12.0 Å². The Hall–Kier alpha value is -0.0600. The molecule has 0 rings (SSSR count). The zero-order valence-corrected chi connectivity index (χ0v) is 17.1. The number of hydrogen-bond acceptors (Lipinski definition) is 4. The van der Waals surface area contributed by atoms with Crippen molar-refractivity contribution in [2.24, 2.45) is 0 Å². The summed E-state index contributed by atoms with van der Waals surface area (Å²) in [5.41, 5.74) is 6.09. The molecule has 0 radical (unpaired) electrons. The van der Waals surface area contributed by atoms with Gasteiger partial charge in [0.15, 0.2) is 0 Å². The van der Waals surface area contributed by atoms with Crippen LogP contribution in [0.3, 0.4) is 0 Å². The molecule has 4 heteroatoms. The molecular weight excluding hydrogens is 280 g/mol. The van der Waals surface area contributed by atoms with E-state index in [1.165, 1.54) is 12.8 Å². The SMILES string of the molecule is CC.CCC=O.CCCC.CNNC(C)CSC(C)(C)C. The van der Waals surface area contributed by atoms with Crippen LogP contribution in [-0.2, 0) is 4.79 Å². The molecule has 0 saturated heterocycles. The maximum absolute atomic E-state index is 9.17. The number of hydrazine groups is 1. The first-order chi connectivity index (χ1) is 9.78. The van der Waals surface area contributed by atoms with Crippen LogP contribution in [0, 0.1) is 0 Å². The molecule has 0 aromatic carbocycles. The fourth-order valence-electron chi connectivity index (χ4n) is 0.663. The lowest BCUT2D eigenvalue weighted by Gasteiger charge is -2.20. The van der Waals surface area contributed by atoms with Crippen LogP contribution < -0.4 is 10.9 Å². The smallest absolute Gasteiger partial charge is 0.119 e. The molecule has 0 spiro atoms. The Kier molecular flexibility index (Phi) is 34.4. The van der Waals surface area contributed by atoms with Gasteiger partial charge in [-0.05, 0) is 14.0 Å². The number of aldehydes is 1. The maximum Gasteiger partial charge on any atom is 0.119 e. The second-order valence-corrected chi connectivity index (χ2v) is 7.14. The van der Waals surface area contributed by atoms with Gasteiger partial charge in [-0.15, -0.1) is 0 Å². The standard InChI is InChI=1S/C8H20N2S.C4H10.C3H6O.C2H6/c1-7(10-9-5)6-11-8(2,3)4;1-3-4-2;1-2-3-4;1-2/h7,9-10H,6H2,1-5H3;3-4H2,1-2H3;3H,2H2,1H3;1-2H3. The van der Waals surface area contributed by atoms with Gasteiger partial charge in [0, 0.05) is 23.0 Å². The summed E-state index contributed by atoms with van der Waals surface area (Å²) in [5, 5.41) is 0. The summed E-state index contributed by atoms with van der Waals surface area (Å²) in [5.74, 6) is 1.14. The Morgan fingerprint density at radius 2 is 1.48 bits per heavy atom. The monoisotopic (exact) mass is 322 g/mol. The average molecular weight is 323 g/mol. The van der Waals surface area contributed by atoms with Crippen molar-refractivity contribution in [1.29, 1.82) is 0 Å².